The molecule has 10 heteroatoms. The Labute approximate surface area is 210 Å². The Hall–Kier alpha value is -2.49. The van der Waals surface area contributed by atoms with Crippen LogP contribution in [0.5, 0.6) is 6.01 Å². The molecular weight excluding hydrogens is 466 g/mol. The van der Waals surface area contributed by atoms with Gasteiger partial charge in [0.15, 0.2) is 0 Å². The van der Waals surface area contributed by atoms with Gasteiger partial charge in [-0.15, -0.1) is 11.6 Å². The first-order chi connectivity index (χ1) is 16.9. The van der Waals surface area contributed by atoms with E-state index in [0.717, 1.165) is 56.6 Å². The summed E-state index contributed by atoms with van der Waals surface area (Å²) >= 11 is 7.05. The van der Waals surface area contributed by atoms with Crippen LogP contribution in [0.3, 0.4) is 0 Å². The minimum absolute atomic E-state index is 0.0252. The van der Waals surface area contributed by atoms with Gasteiger partial charge in [0.05, 0.1) is 18.8 Å². The topological polar surface area (TPSA) is 97.2 Å². The summed E-state index contributed by atoms with van der Waals surface area (Å²) in [5.74, 6) is 0.609. The van der Waals surface area contributed by atoms with E-state index in [1.54, 1.807) is 19.5 Å². The minimum Gasteiger partial charge on any atom is -0.467 e. The van der Waals surface area contributed by atoms with Gasteiger partial charge in [0, 0.05) is 71.6 Å². The zero-order chi connectivity index (χ0) is 24.3. The molecule has 2 aliphatic carbocycles. The zero-order valence-corrected chi connectivity index (χ0v) is 21.0. The molecule has 2 saturated heterocycles. The highest BCUT2D eigenvalue weighted by molar-refractivity contribution is 6.21. The SMILES string of the molecule is C=CC(=O)N1CC2(CC(n3nc(-c4cnc(OC)nc4)c(C4C(Cl)CCC5NNCC54)c3C)C2)C1. The summed E-state index contributed by atoms with van der Waals surface area (Å²) in [6, 6.07) is 1.07. The van der Waals surface area contributed by atoms with E-state index in [2.05, 4.69) is 39.0 Å². The van der Waals surface area contributed by atoms with Crippen molar-refractivity contribution >= 4 is 17.5 Å². The summed E-state index contributed by atoms with van der Waals surface area (Å²) < 4.78 is 7.38. The first-order valence-electron chi connectivity index (χ1n) is 12.4. The van der Waals surface area contributed by atoms with E-state index in [0.29, 0.717) is 24.0 Å². The third kappa shape index (κ3) is 3.67. The lowest BCUT2D eigenvalue weighted by molar-refractivity contribution is -0.149. The molecule has 35 heavy (non-hydrogen) atoms. The second-order valence-corrected chi connectivity index (χ2v) is 11.2. The van der Waals surface area contributed by atoms with Gasteiger partial charge in [-0.25, -0.2) is 9.97 Å². The van der Waals surface area contributed by atoms with Crippen molar-refractivity contribution in [1.29, 1.82) is 0 Å². The van der Waals surface area contributed by atoms with Crippen molar-refractivity contribution < 1.29 is 9.53 Å². The summed E-state index contributed by atoms with van der Waals surface area (Å²) in [7, 11) is 1.57. The van der Waals surface area contributed by atoms with E-state index in [9.17, 15) is 4.79 Å². The summed E-state index contributed by atoms with van der Waals surface area (Å²) in [6.45, 7) is 8.31. The van der Waals surface area contributed by atoms with Gasteiger partial charge in [-0.2, -0.15) is 5.10 Å². The predicted octanol–water partition coefficient (Wildman–Crippen LogP) is 2.58. The van der Waals surface area contributed by atoms with Crippen LogP contribution in [0.4, 0.5) is 0 Å². The largest absolute Gasteiger partial charge is 0.467 e. The number of carbonyl (C=O) groups is 1. The highest BCUT2D eigenvalue weighted by Gasteiger charge is 2.55. The van der Waals surface area contributed by atoms with Crippen LogP contribution in [0.1, 0.15) is 48.9 Å². The van der Waals surface area contributed by atoms with Crippen LogP contribution in [0.2, 0.25) is 0 Å². The fourth-order valence-electron chi connectivity index (χ4n) is 6.86. The van der Waals surface area contributed by atoms with Crippen LogP contribution in [0.25, 0.3) is 11.3 Å². The maximum atomic E-state index is 11.9. The van der Waals surface area contributed by atoms with Crippen molar-refractivity contribution in [3.63, 3.8) is 0 Å². The second-order valence-electron chi connectivity index (χ2n) is 10.6. The van der Waals surface area contributed by atoms with E-state index >= 15 is 0 Å². The summed E-state index contributed by atoms with van der Waals surface area (Å²) in [4.78, 5) is 22.5. The molecule has 0 radical (unpaired) electrons. The third-order valence-electron chi connectivity index (χ3n) is 8.58. The molecule has 4 atom stereocenters. The highest BCUT2D eigenvalue weighted by Crippen LogP contribution is 2.55. The Morgan fingerprint density at radius 1 is 1.29 bits per heavy atom. The summed E-state index contributed by atoms with van der Waals surface area (Å²) in [5, 5.41) is 5.22. The zero-order valence-electron chi connectivity index (χ0n) is 20.2. The maximum Gasteiger partial charge on any atom is 0.316 e. The van der Waals surface area contributed by atoms with Gasteiger partial charge in [-0.3, -0.25) is 20.3 Å². The van der Waals surface area contributed by atoms with Crippen LogP contribution < -0.4 is 15.6 Å². The fraction of sp³-hybridized carbons (Fsp3) is 0.600. The molecule has 4 fully saturated rings. The summed E-state index contributed by atoms with van der Waals surface area (Å²) in [5.41, 5.74) is 11.2. The number of hydrogen-bond acceptors (Lipinski definition) is 7. The molecule has 2 aromatic heterocycles. The van der Waals surface area contributed by atoms with Crippen molar-refractivity contribution in [2.75, 3.05) is 26.7 Å². The third-order valence-corrected chi connectivity index (χ3v) is 9.07. The van der Waals surface area contributed by atoms with Crippen LogP contribution in [0, 0.1) is 18.3 Å². The second kappa shape index (κ2) is 8.57. The Balaban J connectivity index is 1.34. The monoisotopic (exact) mass is 497 g/mol. The molecule has 2 N–H and O–H groups in total. The van der Waals surface area contributed by atoms with Gasteiger partial charge in [0.2, 0.25) is 5.91 Å². The molecule has 4 aliphatic rings. The van der Waals surface area contributed by atoms with Gasteiger partial charge < -0.3 is 9.64 Å². The Bertz CT molecular complexity index is 1140. The van der Waals surface area contributed by atoms with Crippen LogP contribution in [0.15, 0.2) is 25.0 Å². The normalized spacial score (nSPS) is 29.4. The van der Waals surface area contributed by atoms with E-state index in [4.69, 9.17) is 21.4 Å². The number of carbonyl (C=O) groups excluding carboxylic acids is 1. The lowest BCUT2D eigenvalue weighted by Crippen LogP contribution is -2.63. The molecule has 2 saturated carbocycles. The van der Waals surface area contributed by atoms with Crippen LogP contribution in [-0.2, 0) is 4.79 Å². The maximum absolute atomic E-state index is 11.9. The number of hydrazine groups is 1. The van der Waals surface area contributed by atoms with Gasteiger partial charge in [0.1, 0.15) is 0 Å². The molecule has 1 amide bonds. The number of rotatable bonds is 5. The number of nitrogens with one attached hydrogen (secondary N) is 2. The molecule has 2 aliphatic heterocycles. The molecule has 1 spiro atoms. The van der Waals surface area contributed by atoms with Crippen molar-refractivity contribution in [2.24, 2.45) is 11.3 Å². The minimum atomic E-state index is 0.0252. The highest BCUT2D eigenvalue weighted by atomic mass is 35.5. The van der Waals surface area contributed by atoms with Gasteiger partial charge in [-0.05, 0) is 44.6 Å². The number of alkyl halides is 1. The first-order valence-corrected chi connectivity index (χ1v) is 12.9. The Morgan fingerprint density at radius 3 is 2.71 bits per heavy atom. The number of likely N-dealkylation sites (tertiary alicyclic amines) is 1. The van der Waals surface area contributed by atoms with Crippen LogP contribution in [-0.4, -0.2) is 68.7 Å². The Kier molecular flexibility index (Phi) is 5.62. The van der Waals surface area contributed by atoms with Crippen LogP contribution >= 0.6 is 11.6 Å². The Morgan fingerprint density at radius 2 is 2.03 bits per heavy atom. The molecule has 4 heterocycles. The number of nitrogens with zero attached hydrogens (tertiary/aromatic N) is 5. The van der Waals surface area contributed by atoms with Crippen molar-refractivity contribution in [3.05, 3.63) is 36.3 Å². The van der Waals surface area contributed by atoms with Crippen molar-refractivity contribution in [1.82, 2.24) is 35.5 Å². The van der Waals surface area contributed by atoms with Gasteiger partial charge in [0.25, 0.3) is 0 Å². The number of amides is 1. The molecule has 4 unspecified atom stereocenters. The van der Waals surface area contributed by atoms with E-state index < -0.39 is 0 Å². The molecule has 9 nitrogen and oxygen atoms in total. The van der Waals surface area contributed by atoms with Crippen molar-refractivity contribution in [3.8, 4) is 17.3 Å². The summed E-state index contributed by atoms with van der Waals surface area (Å²) in [6.07, 6.45) is 9.08. The average Bonchev–Trinajstić information content (AvgIpc) is 3.42. The molecule has 0 aromatic carbocycles. The van der Waals surface area contributed by atoms with Crippen molar-refractivity contribution in [2.45, 2.75) is 56.0 Å². The molecule has 186 valence electrons. The van der Waals surface area contributed by atoms with E-state index in [1.807, 2.05) is 4.90 Å². The van der Waals surface area contributed by atoms with Gasteiger partial charge in [-0.1, -0.05) is 6.58 Å². The fourth-order valence-corrected chi connectivity index (χ4v) is 7.30. The lowest BCUT2D eigenvalue weighted by Gasteiger charge is -2.58. The standard InChI is InChI=1S/C25H32ClN7O2/c1-4-20(34)32-12-25(13-32)7-16(8-25)33-14(2)21(22-17-11-29-30-19(17)6-5-18(22)26)23(31-33)15-9-27-24(35-3)28-10-15/h4,9-10,16-19,22,29-30H,1,5-8,11-13H2,2-3H3. The quantitative estimate of drug-likeness (QED) is 0.484. The smallest absolute Gasteiger partial charge is 0.316 e. The molecular formula is C25H32ClN7O2. The number of fused-ring (bicyclic) bond motifs is 1. The van der Waals surface area contributed by atoms with E-state index in [1.165, 1.54) is 17.3 Å². The molecule has 6 rings (SSSR count). The predicted molar refractivity (Wildman–Crippen MR) is 132 cm³/mol. The van der Waals surface area contributed by atoms with Gasteiger partial charge >= 0.3 is 6.01 Å². The molecule has 0 bridgehead atoms. The number of halogens is 1. The lowest BCUT2D eigenvalue weighted by atomic mass is 9.60. The number of methoxy groups -OCH3 is 1. The number of ether oxygens (including phenoxy) is 1. The number of hydrogen-bond donors (Lipinski definition) is 2. The number of aromatic nitrogens is 4. The van der Waals surface area contributed by atoms with E-state index in [-0.39, 0.29) is 22.6 Å². The average molecular weight is 498 g/mol. The first kappa shape index (κ1) is 22.9. The molecule has 2 aromatic rings.